The van der Waals surface area contributed by atoms with E-state index >= 15 is 0 Å². The van der Waals surface area contributed by atoms with E-state index in [0.717, 1.165) is 39.0 Å². The van der Waals surface area contributed by atoms with Crippen LogP contribution in [0.1, 0.15) is 31.2 Å². The molecule has 0 radical (unpaired) electrons. The lowest BCUT2D eigenvalue weighted by molar-refractivity contribution is -0.136. The van der Waals surface area contributed by atoms with E-state index in [-0.39, 0.29) is 5.92 Å². The van der Waals surface area contributed by atoms with E-state index in [1.54, 1.807) is 0 Å². The Morgan fingerprint density at radius 1 is 1.25 bits per heavy atom. The van der Waals surface area contributed by atoms with E-state index in [1.165, 1.54) is 5.56 Å². The zero-order valence-corrected chi connectivity index (χ0v) is 12.2. The Kier molecular flexibility index (Phi) is 4.06. The second kappa shape index (κ2) is 5.96. The topological polar surface area (TPSA) is 32.3 Å². The highest BCUT2D eigenvalue weighted by Crippen LogP contribution is 2.33. The third-order valence-electron chi connectivity index (χ3n) is 4.85. The first-order valence-electron chi connectivity index (χ1n) is 7.80. The molecule has 3 nitrogen and oxygen atoms in total. The molecule has 2 aliphatic rings. The molecule has 3 atom stereocenters. The second-order valence-corrected chi connectivity index (χ2v) is 6.26. The van der Waals surface area contributed by atoms with Crippen molar-refractivity contribution in [2.24, 2.45) is 11.8 Å². The van der Waals surface area contributed by atoms with Crippen LogP contribution in [-0.2, 0) is 4.79 Å². The number of carbonyl (C=O) groups excluding carboxylic acids is 1. The Bertz CT molecular complexity index is 453. The van der Waals surface area contributed by atoms with E-state index in [9.17, 15) is 4.79 Å². The van der Waals surface area contributed by atoms with Crippen LogP contribution in [0.2, 0.25) is 0 Å². The first kappa shape index (κ1) is 13.6. The van der Waals surface area contributed by atoms with Crippen LogP contribution < -0.4 is 5.32 Å². The molecule has 108 valence electrons. The van der Waals surface area contributed by atoms with Crippen LogP contribution in [0.25, 0.3) is 0 Å². The maximum absolute atomic E-state index is 12.5. The van der Waals surface area contributed by atoms with Gasteiger partial charge in [0.15, 0.2) is 0 Å². The van der Waals surface area contributed by atoms with Gasteiger partial charge in [-0.3, -0.25) is 4.79 Å². The highest BCUT2D eigenvalue weighted by Gasteiger charge is 2.33. The number of hydrogen-bond acceptors (Lipinski definition) is 2. The monoisotopic (exact) mass is 272 g/mol. The Labute approximate surface area is 121 Å². The van der Waals surface area contributed by atoms with Gasteiger partial charge in [-0.05, 0) is 36.8 Å². The van der Waals surface area contributed by atoms with E-state index in [1.807, 2.05) is 0 Å². The van der Waals surface area contributed by atoms with Gasteiger partial charge in [-0.15, -0.1) is 0 Å². The van der Waals surface area contributed by atoms with E-state index in [0.29, 0.717) is 17.7 Å². The summed E-state index contributed by atoms with van der Waals surface area (Å²) in [5.74, 6) is 1.73. The SMILES string of the molecule is CC1CN(C(=O)C2CCNC2)CCC1c1ccccc1. The predicted molar refractivity (Wildman–Crippen MR) is 80.5 cm³/mol. The summed E-state index contributed by atoms with van der Waals surface area (Å²) >= 11 is 0. The van der Waals surface area contributed by atoms with Gasteiger partial charge in [0.05, 0.1) is 5.92 Å². The van der Waals surface area contributed by atoms with Gasteiger partial charge in [0.1, 0.15) is 0 Å². The fraction of sp³-hybridized carbons (Fsp3) is 0.588. The molecule has 3 rings (SSSR count). The molecule has 0 spiro atoms. The number of nitrogens with zero attached hydrogens (tertiary/aromatic N) is 1. The summed E-state index contributed by atoms with van der Waals surface area (Å²) in [6, 6.07) is 10.7. The molecule has 0 saturated carbocycles. The average Bonchev–Trinajstić information content (AvgIpc) is 3.01. The van der Waals surface area contributed by atoms with Crippen LogP contribution in [0.3, 0.4) is 0 Å². The number of hydrogen-bond donors (Lipinski definition) is 1. The lowest BCUT2D eigenvalue weighted by Gasteiger charge is -2.38. The van der Waals surface area contributed by atoms with Crippen molar-refractivity contribution in [3.63, 3.8) is 0 Å². The van der Waals surface area contributed by atoms with Crippen molar-refractivity contribution in [3.05, 3.63) is 35.9 Å². The van der Waals surface area contributed by atoms with Crippen LogP contribution in [0.5, 0.6) is 0 Å². The third kappa shape index (κ3) is 2.73. The van der Waals surface area contributed by atoms with Crippen molar-refractivity contribution >= 4 is 5.91 Å². The Morgan fingerprint density at radius 3 is 2.70 bits per heavy atom. The Hall–Kier alpha value is -1.35. The Balaban J connectivity index is 1.63. The fourth-order valence-electron chi connectivity index (χ4n) is 3.66. The lowest BCUT2D eigenvalue weighted by Crippen LogP contribution is -2.45. The maximum Gasteiger partial charge on any atom is 0.227 e. The van der Waals surface area contributed by atoms with Gasteiger partial charge in [-0.1, -0.05) is 37.3 Å². The average molecular weight is 272 g/mol. The molecular weight excluding hydrogens is 248 g/mol. The molecule has 3 unspecified atom stereocenters. The normalized spacial score (nSPS) is 30.4. The van der Waals surface area contributed by atoms with Crippen molar-refractivity contribution < 1.29 is 4.79 Å². The zero-order valence-electron chi connectivity index (χ0n) is 12.2. The zero-order chi connectivity index (χ0) is 13.9. The molecule has 0 aliphatic carbocycles. The van der Waals surface area contributed by atoms with Crippen molar-refractivity contribution in [3.8, 4) is 0 Å². The molecule has 0 bridgehead atoms. The molecule has 3 heteroatoms. The van der Waals surface area contributed by atoms with Gasteiger partial charge >= 0.3 is 0 Å². The van der Waals surface area contributed by atoms with Crippen molar-refractivity contribution in [1.29, 1.82) is 0 Å². The van der Waals surface area contributed by atoms with E-state index < -0.39 is 0 Å². The molecule has 2 fully saturated rings. The number of nitrogens with one attached hydrogen (secondary N) is 1. The lowest BCUT2D eigenvalue weighted by atomic mass is 9.81. The van der Waals surface area contributed by atoms with Gasteiger partial charge < -0.3 is 10.2 Å². The molecular formula is C17H24N2O. The smallest absolute Gasteiger partial charge is 0.227 e. The molecule has 2 aliphatic heterocycles. The summed E-state index contributed by atoms with van der Waals surface area (Å²) in [6.45, 7) is 5.97. The van der Waals surface area contributed by atoms with Crippen molar-refractivity contribution in [1.82, 2.24) is 10.2 Å². The second-order valence-electron chi connectivity index (χ2n) is 6.26. The minimum absolute atomic E-state index is 0.218. The molecule has 1 aromatic rings. The molecule has 1 amide bonds. The van der Waals surface area contributed by atoms with Crippen LogP contribution in [0.4, 0.5) is 0 Å². The van der Waals surface area contributed by atoms with Crippen LogP contribution >= 0.6 is 0 Å². The van der Waals surface area contributed by atoms with Gasteiger partial charge in [-0.25, -0.2) is 0 Å². The third-order valence-corrected chi connectivity index (χ3v) is 4.85. The minimum Gasteiger partial charge on any atom is -0.342 e. The van der Waals surface area contributed by atoms with Crippen LogP contribution in [0.15, 0.2) is 30.3 Å². The molecule has 20 heavy (non-hydrogen) atoms. The van der Waals surface area contributed by atoms with Crippen molar-refractivity contribution in [2.75, 3.05) is 26.2 Å². The minimum atomic E-state index is 0.218. The summed E-state index contributed by atoms with van der Waals surface area (Å²) in [4.78, 5) is 14.6. The molecule has 0 aromatic heterocycles. The highest BCUT2D eigenvalue weighted by atomic mass is 16.2. The number of piperidine rings is 1. The predicted octanol–water partition coefficient (Wildman–Crippen LogP) is 2.25. The van der Waals surface area contributed by atoms with Crippen molar-refractivity contribution in [2.45, 2.75) is 25.7 Å². The number of likely N-dealkylation sites (tertiary alicyclic amines) is 1. The first-order chi connectivity index (χ1) is 9.75. The largest absolute Gasteiger partial charge is 0.342 e. The number of benzene rings is 1. The first-order valence-corrected chi connectivity index (χ1v) is 7.80. The molecule has 2 saturated heterocycles. The Morgan fingerprint density at radius 2 is 2.05 bits per heavy atom. The molecule has 1 aromatic carbocycles. The summed E-state index contributed by atoms with van der Waals surface area (Å²) in [5, 5.41) is 3.29. The van der Waals surface area contributed by atoms with Gasteiger partial charge in [0, 0.05) is 19.6 Å². The maximum atomic E-state index is 12.5. The number of rotatable bonds is 2. The number of amides is 1. The fourth-order valence-corrected chi connectivity index (χ4v) is 3.66. The summed E-state index contributed by atoms with van der Waals surface area (Å²) in [5.41, 5.74) is 1.43. The summed E-state index contributed by atoms with van der Waals surface area (Å²) in [6.07, 6.45) is 2.10. The highest BCUT2D eigenvalue weighted by molar-refractivity contribution is 5.79. The van der Waals surface area contributed by atoms with E-state index in [4.69, 9.17) is 0 Å². The van der Waals surface area contributed by atoms with Gasteiger partial charge in [0.2, 0.25) is 5.91 Å². The summed E-state index contributed by atoms with van der Waals surface area (Å²) in [7, 11) is 0. The summed E-state index contributed by atoms with van der Waals surface area (Å²) < 4.78 is 0. The van der Waals surface area contributed by atoms with Crippen LogP contribution in [0, 0.1) is 11.8 Å². The van der Waals surface area contributed by atoms with Gasteiger partial charge in [0.25, 0.3) is 0 Å². The quantitative estimate of drug-likeness (QED) is 0.895. The molecule has 1 N–H and O–H groups in total. The van der Waals surface area contributed by atoms with E-state index in [2.05, 4.69) is 47.5 Å². The van der Waals surface area contributed by atoms with Crippen LogP contribution in [-0.4, -0.2) is 37.0 Å². The standard InChI is InChI=1S/C17H24N2O/c1-13-12-19(17(20)15-7-9-18-11-15)10-8-16(13)14-5-3-2-4-6-14/h2-6,13,15-16,18H,7-12H2,1H3. The molecule has 2 heterocycles. The number of carbonyl (C=O) groups is 1. The van der Waals surface area contributed by atoms with Gasteiger partial charge in [-0.2, -0.15) is 0 Å².